The molecule has 0 amide bonds. The third-order valence-electron chi connectivity index (χ3n) is 4.12. The molecule has 0 bridgehead atoms. The fourth-order valence-corrected chi connectivity index (χ4v) is 3.17. The highest BCUT2D eigenvalue weighted by atomic mass is 16.5. The fraction of sp³-hybridized carbons (Fsp3) is 0.643. The van der Waals surface area contributed by atoms with Gasteiger partial charge in [-0.05, 0) is 37.3 Å². The molecule has 3 heteroatoms. The molecular weight excluding hydrogens is 212 g/mol. The molecule has 1 aliphatic heterocycles. The van der Waals surface area contributed by atoms with Crippen molar-refractivity contribution in [1.82, 2.24) is 9.88 Å². The Balaban J connectivity index is 1.81. The lowest BCUT2D eigenvalue weighted by Crippen LogP contribution is -2.31. The molecule has 2 atom stereocenters. The van der Waals surface area contributed by atoms with Gasteiger partial charge >= 0.3 is 0 Å². The molecule has 92 valence electrons. The summed E-state index contributed by atoms with van der Waals surface area (Å²) in [6.45, 7) is 2.22. The summed E-state index contributed by atoms with van der Waals surface area (Å²) >= 11 is 0. The largest absolute Gasteiger partial charge is 0.380 e. The highest BCUT2D eigenvalue weighted by Crippen LogP contribution is 2.34. The Labute approximate surface area is 103 Å². The lowest BCUT2D eigenvalue weighted by atomic mass is 9.91. The third-order valence-corrected chi connectivity index (χ3v) is 4.12. The van der Waals surface area contributed by atoms with Crippen LogP contribution in [0, 0.1) is 0 Å². The summed E-state index contributed by atoms with van der Waals surface area (Å²) in [6, 6.07) is 4.82. The van der Waals surface area contributed by atoms with Crippen molar-refractivity contribution in [1.29, 1.82) is 0 Å². The maximum Gasteiger partial charge on any atom is 0.0710 e. The maximum absolute atomic E-state index is 5.46. The zero-order valence-corrected chi connectivity index (χ0v) is 10.4. The number of hydrogen-bond acceptors (Lipinski definition) is 3. The molecule has 2 aliphatic rings. The van der Waals surface area contributed by atoms with Crippen molar-refractivity contribution >= 4 is 0 Å². The monoisotopic (exact) mass is 232 g/mol. The minimum atomic E-state index is 0.420. The molecule has 2 heterocycles. The van der Waals surface area contributed by atoms with Gasteiger partial charge in [-0.1, -0.05) is 6.07 Å². The molecule has 1 aliphatic carbocycles. The van der Waals surface area contributed by atoms with E-state index in [1.807, 2.05) is 13.3 Å². The summed E-state index contributed by atoms with van der Waals surface area (Å²) in [5.74, 6) is 0. The summed E-state index contributed by atoms with van der Waals surface area (Å²) in [4.78, 5) is 7.17. The topological polar surface area (TPSA) is 25.4 Å². The SMILES string of the molecule is CO[C@@H]1CCN([C@@H]2CCCc3cccnc32)C1. The maximum atomic E-state index is 5.46. The van der Waals surface area contributed by atoms with Crippen molar-refractivity contribution in [2.24, 2.45) is 0 Å². The quantitative estimate of drug-likeness (QED) is 0.781. The van der Waals surface area contributed by atoms with E-state index in [4.69, 9.17) is 4.74 Å². The van der Waals surface area contributed by atoms with Crippen LogP contribution in [0.15, 0.2) is 18.3 Å². The van der Waals surface area contributed by atoms with Gasteiger partial charge in [-0.3, -0.25) is 9.88 Å². The van der Waals surface area contributed by atoms with E-state index in [1.54, 1.807) is 0 Å². The Morgan fingerprint density at radius 1 is 1.41 bits per heavy atom. The summed E-state index contributed by atoms with van der Waals surface area (Å²) in [7, 11) is 1.82. The minimum Gasteiger partial charge on any atom is -0.380 e. The van der Waals surface area contributed by atoms with Gasteiger partial charge in [0.2, 0.25) is 0 Å². The van der Waals surface area contributed by atoms with Crippen LogP contribution in [-0.2, 0) is 11.2 Å². The molecule has 3 rings (SSSR count). The molecule has 1 aromatic heterocycles. The number of nitrogens with zero attached hydrogens (tertiary/aromatic N) is 2. The van der Waals surface area contributed by atoms with Gasteiger partial charge in [0, 0.05) is 26.4 Å². The predicted octanol–water partition coefficient (Wildman–Crippen LogP) is 2.18. The lowest BCUT2D eigenvalue weighted by molar-refractivity contribution is 0.0980. The zero-order chi connectivity index (χ0) is 11.7. The number of ether oxygens (including phenoxy) is 1. The van der Waals surface area contributed by atoms with E-state index in [1.165, 1.54) is 30.5 Å². The average molecular weight is 232 g/mol. The van der Waals surface area contributed by atoms with Gasteiger partial charge in [0.25, 0.3) is 0 Å². The number of fused-ring (bicyclic) bond motifs is 1. The van der Waals surface area contributed by atoms with Gasteiger partial charge in [-0.15, -0.1) is 0 Å². The number of methoxy groups -OCH3 is 1. The van der Waals surface area contributed by atoms with Crippen LogP contribution in [0.1, 0.15) is 36.6 Å². The first-order valence-corrected chi connectivity index (χ1v) is 6.59. The Morgan fingerprint density at radius 2 is 2.35 bits per heavy atom. The Kier molecular flexibility index (Phi) is 3.12. The molecule has 0 aromatic carbocycles. The van der Waals surface area contributed by atoms with Gasteiger partial charge in [0.1, 0.15) is 0 Å². The summed E-state index contributed by atoms with van der Waals surface area (Å²) in [5, 5.41) is 0. The standard InChI is InChI=1S/C14H20N2O/c1-17-12-7-9-16(10-12)13-6-2-4-11-5-3-8-15-14(11)13/h3,5,8,12-13H,2,4,6-7,9-10H2,1H3/t12-,13-/m1/s1. The summed E-state index contributed by atoms with van der Waals surface area (Å²) in [5.41, 5.74) is 2.76. The number of hydrogen-bond donors (Lipinski definition) is 0. The number of pyridine rings is 1. The highest BCUT2D eigenvalue weighted by Gasteiger charge is 2.32. The molecule has 1 saturated heterocycles. The molecule has 1 aromatic rings. The summed E-state index contributed by atoms with van der Waals surface area (Å²) < 4.78 is 5.46. The number of aryl methyl sites for hydroxylation is 1. The van der Waals surface area contributed by atoms with E-state index in [2.05, 4.69) is 22.0 Å². The van der Waals surface area contributed by atoms with E-state index < -0.39 is 0 Å². The van der Waals surface area contributed by atoms with Crippen molar-refractivity contribution in [3.8, 4) is 0 Å². The van der Waals surface area contributed by atoms with Gasteiger partial charge in [0.15, 0.2) is 0 Å². The van der Waals surface area contributed by atoms with Crippen molar-refractivity contribution in [3.05, 3.63) is 29.6 Å². The molecule has 0 spiro atoms. The van der Waals surface area contributed by atoms with Gasteiger partial charge in [0.05, 0.1) is 17.8 Å². The van der Waals surface area contributed by atoms with Crippen molar-refractivity contribution < 1.29 is 4.74 Å². The lowest BCUT2D eigenvalue weighted by Gasteiger charge is -2.32. The fourth-order valence-electron chi connectivity index (χ4n) is 3.17. The van der Waals surface area contributed by atoms with E-state index in [-0.39, 0.29) is 0 Å². The van der Waals surface area contributed by atoms with Crippen molar-refractivity contribution in [3.63, 3.8) is 0 Å². The van der Waals surface area contributed by atoms with Crippen LogP contribution < -0.4 is 0 Å². The van der Waals surface area contributed by atoms with Crippen LogP contribution in [0.3, 0.4) is 0 Å². The molecule has 0 saturated carbocycles. The van der Waals surface area contributed by atoms with Gasteiger partial charge in [-0.25, -0.2) is 0 Å². The first-order chi connectivity index (χ1) is 8.38. The van der Waals surface area contributed by atoms with Crippen LogP contribution in [0.2, 0.25) is 0 Å². The van der Waals surface area contributed by atoms with Crippen LogP contribution in [0.5, 0.6) is 0 Å². The second kappa shape index (κ2) is 4.75. The number of rotatable bonds is 2. The minimum absolute atomic E-state index is 0.420. The first-order valence-electron chi connectivity index (χ1n) is 6.59. The highest BCUT2D eigenvalue weighted by molar-refractivity contribution is 5.25. The summed E-state index contributed by atoms with van der Waals surface area (Å²) in [6.07, 6.45) is 7.25. The molecule has 0 N–H and O–H groups in total. The van der Waals surface area contributed by atoms with Crippen LogP contribution >= 0.6 is 0 Å². The average Bonchev–Trinajstić information content (AvgIpc) is 2.87. The first kappa shape index (κ1) is 11.2. The van der Waals surface area contributed by atoms with E-state index >= 15 is 0 Å². The third kappa shape index (κ3) is 2.09. The van der Waals surface area contributed by atoms with Gasteiger partial charge in [-0.2, -0.15) is 0 Å². The van der Waals surface area contributed by atoms with Crippen molar-refractivity contribution in [2.45, 2.75) is 37.8 Å². The number of likely N-dealkylation sites (tertiary alicyclic amines) is 1. The van der Waals surface area contributed by atoms with E-state index in [0.29, 0.717) is 12.1 Å². The smallest absolute Gasteiger partial charge is 0.0710 e. The van der Waals surface area contributed by atoms with Crippen LogP contribution in [0.4, 0.5) is 0 Å². The Hall–Kier alpha value is -0.930. The normalized spacial score (nSPS) is 29.2. The molecular formula is C14H20N2O. The Bertz CT molecular complexity index is 394. The van der Waals surface area contributed by atoms with E-state index in [9.17, 15) is 0 Å². The second-order valence-electron chi connectivity index (χ2n) is 5.10. The van der Waals surface area contributed by atoms with Gasteiger partial charge < -0.3 is 4.74 Å². The number of aromatic nitrogens is 1. The van der Waals surface area contributed by atoms with E-state index in [0.717, 1.165) is 19.5 Å². The molecule has 17 heavy (non-hydrogen) atoms. The van der Waals surface area contributed by atoms with Crippen LogP contribution in [0.25, 0.3) is 0 Å². The molecule has 0 unspecified atom stereocenters. The van der Waals surface area contributed by atoms with Crippen LogP contribution in [-0.4, -0.2) is 36.2 Å². The van der Waals surface area contributed by atoms with Crippen molar-refractivity contribution in [2.75, 3.05) is 20.2 Å². The predicted molar refractivity (Wildman–Crippen MR) is 66.9 cm³/mol. The zero-order valence-electron chi connectivity index (χ0n) is 10.4. The molecule has 1 fully saturated rings. The molecule has 0 radical (unpaired) electrons. The Morgan fingerprint density at radius 3 is 3.18 bits per heavy atom. The molecule has 3 nitrogen and oxygen atoms in total. The second-order valence-corrected chi connectivity index (χ2v) is 5.10.